The van der Waals surface area contributed by atoms with Crippen LogP contribution in [0.25, 0.3) is 22.4 Å². The van der Waals surface area contributed by atoms with Crippen LogP contribution in [0.4, 0.5) is 0 Å². The zero-order valence-corrected chi connectivity index (χ0v) is 16.1. The van der Waals surface area contributed by atoms with Gasteiger partial charge in [-0.05, 0) is 18.2 Å². The van der Waals surface area contributed by atoms with Crippen molar-refractivity contribution < 1.29 is 14.6 Å². The van der Waals surface area contributed by atoms with E-state index in [1.54, 1.807) is 29.2 Å². The van der Waals surface area contributed by atoms with Crippen molar-refractivity contribution in [3.05, 3.63) is 42.5 Å². The third-order valence-electron chi connectivity index (χ3n) is 3.98. The van der Waals surface area contributed by atoms with Gasteiger partial charge in [0, 0.05) is 38.8 Å². The van der Waals surface area contributed by atoms with E-state index in [0.717, 1.165) is 11.6 Å². The van der Waals surface area contributed by atoms with Crippen LogP contribution in [0.15, 0.2) is 36.9 Å². The highest BCUT2D eigenvalue weighted by Crippen LogP contribution is 2.22. The van der Waals surface area contributed by atoms with Gasteiger partial charge in [0.1, 0.15) is 17.8 Å². The van der Waals surface area contributed by atoms with Crippen molar-refractivity contribution in [2.75, 3.05) is 6.61 Å². The number of pyridine rings is 1. The highest BCUT2D eigenvalue weighted by atomic mass is 28.3. The molecule has 3 rings (SSSR count). The summed E-state index contributed by atoms with van der Waals surface area (Å²) in [4.78, 5) is 24.6. The summed E-state index contributed by atoms with van der Waals surface area (Å²) in [5.74, 6) is -1.03. The second kappa shape index (κ2) is 7.34. The number of ether oxygens (including phenoxy) is 1. The first-order valence-corrected chi connectivity index (χ1v) is 12.1. The van der Waals surface area contributed by atoms with Crippen LogP contribution in [0.3, 0.4) is 0 Å². The van der Waals surface area contributed by atoms with E-state index in [2.05, 4.69) is 34.6 Å². The number of hydrogen-bond donors (Lipinski definition) is 1. The van der Waals surface area contributed by atoms with Gasteiger partial charge in [-0.15, -0.1) is 0 Å². The molecule has 0 bridgehead atoms. The van der Waals surface area contributed by atoms with E-state index in [1.807, 2.05) is 6.07 Å². The van der Waals surface area contributed by atoms with Gasteiger partial charge in [-0.3, -0.25) is 4.98 Å². The molecule has 3 heterocycles. The van der Waals surface area contributed by atoms with Crippen molar-refractivity contribution in [2.45, 2.75) is 32.4 Å². The minimum atomic E-state index is -1.17. The average Bonchev–Trinajstić information content (AvgIpc) is 2.97. The summed E-state index contributed by atoms with van der Waals surface area (Å²) >= 11 is 0. The fourth-order valence-corrected chi connectivity index (χ4v) is 3.26. The lowest BCUT2D eigenvalue weighted by Crippen LogP contribution is -2.22. The maximum atomic E-state index is 11.6. The summed E-state index contributed by atoms with van der Waals surface area (Å²) < 4.78 is 7.44. The number of nitrogens with zero attached hydrogens (tertiary/aromatic N) is 4. The summed E-state index contributed by atoms with van der Waals surface area (Å²) in [6.07, 6.45) is 6.51. The first-order chi connectivity index (χ1) is 12.3. The first-order valence-electron chi connectivity index (χ1n) is 8.42. The van der Waals surface area contributed by atoms with E-state index in [4.69, 9.17) is 4.74 Å². The molecule has 0 saturated carbocycles. The van der Waals surface area contributed by atoms with Crippen LogP contribution in [0.1, 0.15) is 10.4 Å². The number of fused-ring (bicyclic) bond motifs is 1. The Morgan fingerprint density at radius 1 is 1.31 bits per heavy atom. The smallest absolute Gasteiger partial charge is 0.339 e. The molecule has 0 unspecified atom stereocenters. The van der Waals surface area contributed by atoms with Gasteiger partial charge in [0.25, 0.3) is 0 Å². The molecule has 1 N–H and O–H groups in total. The van der Waals surface area contributed by atoms with Gasteiger partial charge in [0.15, 0.2) is 5.65 Å². The Kier molecular flexibility index (Phi) is 5.15. The first kappa shape index (κ1) is 18.2. The molecule has 7 nitrogen and oxygen atoms in total. The Bertz CT molecular complexity index is 919. The van der Waals surface area contributed by atoms with Crippen molar-refractivity contribution >= 4 is 25.2 Å². The minimum Gasteiger partial charge on any atom is -0.478 e. The van der Waals surface area contributed by atoms with Crippen molar-refractivity contribution in [1.29, 1.82) is 0 Å². The second-order valence-corrected chi connectivity index (χ2v) is 13.0. The normalized spacial score (nSPS) is 11.8. The number of rotatable bonds is 7. The summed E-state index contributed by atoms with van der Waals surface area (Å²) in [5, 5.41) is 9.51. The van der Waals surface area contributed by atoms with E-state index in [0.29, 0.717) is 23.5 Å². The van der Waals surface area contributed by atoms with Crippen LogP contribution in [0.2, 0.25) is 25.7 Å². The van der Waals surface area contributed by atoms with Crippen LogP contribution in [0.5, 0.6) is 0 Å². The quantitative estimate of drug-likeness (QED) is 0.506. The van der Waals surface area contributed by atoms with Gasteiger partial charge in [-0.2, -0.15) is 0 Å². The maximum Gasteiger partial charge on any atom is 0.339 e. The lowest BCUT2D eigenvalue weighted by Gasteiger charge is -2.15. The van der Waals surface area contributed by atoms with Gasteiger partial charge < -0.3 is 14.4 Å². The largest absolute Gasteiger partial charge is 0.478 e. The molecule has 0 radical (unpaired) electrons. The highest BCUT2D eigenvalue weighted by molar-refractivity contribution is 6.76. The number of carboxylic acids is 1. The SMILES string of the molecule is C[Si](C)(C)CCOCn1cc(C(=O)O)c2nc(-c3cccnc3)cnc21. The van der Waals surface area contributed by atoms with Crippen LogP contribution >= 0.6 is 0 Å². The monoisotopic (exact) mass is 370 g/mol. The Morgan fingerprint density at radius 3 is 2.77 bits per heavy atom. The van der Waals surface area contributed by atoms with Crippen LogP contribution in [-0.4, -0.2) is 45.3 Å². The molecular formula is C18H22N4O3Si. The lowest BCUT2D eigenvalue weighted by molar-refractivity contribution is 0.0696. The number of aromatic carboxylic acids is 1. The predicted octanol–water partition coefficient (Wildman–Crippen LogP) is 3.50. The molecular weight excluding hydrogens is 348 g/mol. The van der Waals surface area contributed by atoms with Gasteiger partial charge in [-0.1, -0.05) is 19.6 Å². The molecule has 0 spiro atoms. The number of aromatic nitrogens is 4. The molecule has 0 fully saturated rings. The Balaban J connectivity index is 1.90. The molecule has 0 aromatic carbocycles. The molecule has 26 heavy (non-hydrogen) atoms. The molecule has 0 amide bonds. The molecule has 0 saturated heterocycles. The van der Waals surface area contributed by atoms with E-state index in [-0.39, 0.29) is 12.3 Å². The van der Waals surface area contributed by atoms with Gasteiger partial charge >= 0.3 is 5.97 Å². The molecule has 3 aromatic heterocycles. The third kappa shape index (κ3) is 4.14. The zero-order valence-electron chi connectivity index (χ0n) is 15.1. The van der Waals surface area contributed by atoms with Crippen molar-refractivity contribution in [2.24, 2.45) is 0 Å². The maximum absolute atomic E-state index is 11.6. The van der Waals surface area contributed by atoms with Crippen LogP contribution in [0, 0.1) is 0 Å². The summed E-state index contributed by atoms with van der Waals surface area (Å²) in [6, 6.07) is 4.71. The summed E-state index contributed by atoms with van der Waals surface area (Å²) in [5.41, 5.74) is 2.35. The van der Waals surface area contributed by atoms with Crippen LogP contribution < -0.4 is 0 Å². The van der Waals surface area contributed by atoms with Gasteiger partial charge in [0.05, 0.1) is 11.9 Å². The highest BCUT2D eigenvalue weighted by Gasteiger charge is 2.18. The average molecular weight is 370 g/mol. The summed E-state index contributed by atoms with van der Waals surface area (Å²) in [7, 11) is -1.17. The molecule has 8 heteroatoms. The van der Waals surface area contributed by atoms with E-state index >= 15 is 0 Å². The standard InChI is InChI=1S/C18H22N4O3Si/c1-26(2,3)8-7-25-12-22-11-14(18(23)24)16-17(22)20-10-15(21-16)13-5-4-6-19-9-13/h4-6,9-11H,7-8,12H2,1-3H3,(H,23,24). The van der Waals surface area contributed by atoms with Gasteiger partial charge in [0.2, 0.25) is 0 Å². The molecule has 0 atom stereocenters. The van der Waals surface area contributed by atoms with Crippen molar-refractivity contribution in [1.82, 2.24) is 19.5 Å². The number of carbonyl (C=O) groups is 1. The predicted molar refractivity (Wildman–Crippen MR) is 102 cm³/mol. The Hall–Kier alpha value is -2.58. The van der Waals surface area contributed by atoms with Gasteiger partial charge in [-0.25, -0.2) is 14.8 Å². The fraction of sp³-hybridized carbons (Fsp3) is 0.333. The number of carboxylic acid groups (broad SMARTS) is 1. The molecule has 3 aromatic rings. The lowest BCUT2D eigenvalue weighted by atomic mass is 10.2. The minimum absolute atomic E-state index is 0.118. The van der Waals surface area contributed by atoms with E-state index in [9.17, 15) is 9.90 Å². The van der Waals surface area contributed by atoms with Crippen molar-refractivity contribution in [3.63, 3.8) is 0 Å². The van der Waals surface area contributed by atoms with Crippen LogP contribution in [-0.2, 0) is 11.5 Å². The van der Waals surface area contributed by atoms with E-state index in [1.165, 1.54) is 6.20 Å². The zero-order chi connectivity index (χ0) is 18.7. The molecule has 136 valence electrons. The Morgan fingerprint density at radius 2 is 2.12 bits per heavy atom. The second-order valence-electron chi connectivity index (χ2n) is 7.33. The third-order valence-corrected chi connectivity index (χ3v) is 5.68. The topological polar surface area (TPSA) is 90.1 Å². The molecule has 0 aliphatic heterocycles. The van der Waals surface area contributed by atoms with Crippen molar-refractivity contribution in [3.8, 4) is 11.3 Å². The Labute approximate surface area is 152 Å². The fourth-order valence-electron chi connectivity index (χ4n) is 2.50. The van der Waals surface area contributed by atoms with E-state index < -0.39 is 14.0 Å². The summed E-state index contributed by atoms with van der Waals surface area (Å²) in [6.45, 7) is 7.77. The molecule has 0 aliphatic carbocycles. The molecule has 0 aliphatic rings. The number of hydrogen-bond acceptors (Lipinski definition) is 5.